The van der Waals surface area contributed by atoms with Crippen molar-refractivity contribution in [2.24, 2.45) is 11.1 Å². The first-order chi connectivity index (χ1) is 18.3. The molecule has 2 aliphatic carbocycles. The zero-order chi connectivity index (χ0) is 26.4. The molecule has 0 saturated heterocycles. The van der Waals surface area contributed by atoms with Crippen LogP contribution in [0.25, 0.3) is 11.0 Å². The third-order valence-electron chi connectivity index (χ3n) is 7.19. The number of fused-ring (bicyclic) bond motifs is 1. The maximum atomic E-state index is 13.2. The number of nitrogens with zero attached hydrogens (tertiary/aromatic N) is 1. The first-order valence-electron chi connectivity index (χ1n) is 12.4. The van der Waals surface area contributed by atoms with Crippen LogP contribution in [-0.4, -0.2) is 33.7 Å². The molecule has 0 aliphatic heterocycles. The average Bonchev–Trinajstić information content (AvgIpc) is 3.82. The second kappa shape index (κ2) is 8.98. The lowest BCUT2D eigenvalue weighted by Gasteiger charge is -2.15. The van der Waals surface area contributed by atoms with Crippen LogP contribution < -0.4 is 21.7 Å². The molecule has 2 heterocycles. The highest BCUT2D eigenvalue weighted by Crippen LogP contribution is 2.59. The molecule has 2 saturated carbocycles. The van der Waals surface area contributed by atoms with Gasteiger partial charge in [-0.3, -0.25) is 14.4 Å². The maximum absolute atomic E-state index is 13.2. The van der Waals surface area contributed by atoms with Gasteiger partial charge in [-0.1, -0.05) is 12.1 Å². The highest BCUT2D eigenvalue weighted by Gasteiger charge is 2.65. The molecule has 3 amide bonds. The van der Waals surface area contributed by atoms with Crippen molar-refractivity contribution in [2.45, 2.75) is 31.2 Å². The molecule has 6 N–H and O–H groups in total. The lowest BCUT2D eigenvalue weighted by atomic mass is 9.97. The third kappa shape index (κ3) is 4.34. The van der Waals surface area contributed by atoms with Gasteiger partial charge < -0.3 is 26.7 Å². The molecule has 0 radical (unpaired) electrons. The molecule has 0 spiro atoms. The largest absolute Gasteiger partial charge is 0.369 e. The SMILES string of the molecule is NC(=O)C1(C(=O)Nc2ccc(F)cc2)CC1c1ccc(Nc2ccnc3[nH]c(C(=O)NC4CC4)cc23)cc1. The van der Waals surface area contributed by atoms with Crippen LogP contribution in [0.15, 0.2) is 66.9 Å². The Bertz CT molecular complexity index is 1560. The van der Waals surface area contributed by atoms with Crippen LogP contribution in [0.4, 0.5) is 21.5 Å². The number of nitrogens with one attached hydrogen (secondary N) is 4. The van der Waals surface area contributed by atoms with E-state index in [1.165, 1.54) is 24.3 Å². The normalized spacial score (nSPS) is 20.1. The number of primary amides is 1. The topological polar surface area (TPSA) is 142 Å². The molecule has 4 aromatic rings. The van der Waals surface area contributed by atoms with E-state index < -0.39 is 23.0 Å². The number of benzene rings is 2. The monoisotopic (exact) mass is 512 g/mol. The molecule has 10 heteroatoms. The minimum absolute atomic E-state index is 0.147. The van der Waals surface area contributed by atoms with Crippen molar-refractivity contribution in [3.63, 3.8) is 0 Å². The smallest absolute Gasteiger partial charge is 0.267 e. The van der Waals surface area contributed by atoms with E-state index >= 15 is 0 Å². The van der Waals surface area contributed by atoms with Gasteiger partial charge in [0.25, 0.3) is 5.91 Å². The van der Waals surface area contributed by atoms with Crippen LogP contribution >= 0.6 is 0 Å². The van der Waals surface area contributed by atoms with E-state index in [2.05, 4.69) is 25.9 Å². The summed E-state index contributed by atoms with van der Waals surface area (Å²) < 4.78 is 13.2. The van der Waals surface area contributed by atoms with E-state index in [0.717, 1.165) is 35.2 Å². The summed E-state index contributed by atoms with van der Waals surface area (Å²) in [5.41, 5.74) is 8.13. The number of aromatic amines is 1. The van der Waals surface area contributed by atoms with Crippen molar-refractivity contribution in [1.82, 2.24) is 15.3 Å². The van der Waals surface area contributed by atoms with Crippen LogP contribution in [-0.2, 0) is 9.59 Å². The molecule has 2 aliphatic rings. The summed E-state index contributed by atoms with van der Waals surface area (Å²) in [6, 6.07) is 16.6. The maximum Gasteiger partial charge on any atom is 0.267 e. The van der Waals surface area contributed by atoms with Crippen molar-refractivity contribution < 1.29 is 18.8 Å². The highest BCUT2D eigenvalue weighted by molar-refractivity contribution is 6.14. The molecule has 192 valence electrons. The summed E-state index contributed by atoms with van der Waals surface area (Å²) in [4.78, 5) is 45.2. The summed E-state index contributed by atoms with van der Waals surface area (Å²) in [5, 5.41) is 9.78. The fourth-order valence-corrected chi connectivity index (χ4v) is 4.78. The molecule has 2 unspecified atom stereocenters. The van der Waals surface area contributed by atoms with Crippen molar-refractivity contribution in [3.05, 3.63) is 83.9 Å². The summed E-state index contributed by atoms with van der Waals surface area (Å²) >= 11 is 0. The van der Waals surface area contributed by atoms with Gasteiger partial charge in [0.1, 0.15) is 22.6 Å². The van der Waals surface area contributed by atoms with Crippen LogP contribution in [0.2, 0.25) is 0 Å². The van der Waals surface area contributed by atoms with Gasteiger partial charge in [-0.05, 0) is 73.4 Å². The molecular weight excluding hydrogens is 487 g/mol. The first kappa shape index (κ1) is 23.7. The Balaban J connectivity index is 1.17. The number of carbonyl (C=O) groups excluding carboxylic acids is 3. The van der Waals surface area contributed by atoms with Crippen LogP contribution in [0.3, 0.4) is 0 Å². The van der Waals surface area contributed by atoms with Crippen LogP contribution in [0.1, 0.15) is 41.2 Å². The fraction of sp³-hybridized carbons (Fsp3) is 0.214. The third-order valence-corrected chi connectivity index (χ3v) is 7.19. The summed E-state index contributed by atoms with van der Waals surface area (Å²) in [6.45, 7) is 0. The molecule has 9 nitrogen and oxygen atoms in total. The number of pyridine rings is 1. The minimum Gasteiger partial charge on any atom is -0.369 e. The fourth-order valence-electron chi connectivity index (χ4n) is 4.78. The van der Waals surface area contributed by atoms with E-state index in [4.69, 9.17) is 5.73 Å². The number of halogens is 1. The Morgan fingerprint density at radius 3 is 2.39 bits per heavy atom. The van der Waals surface area contributed by atoms with Gasteiger partial charge in [-0.25, -0.2) is 9.37 Å². The van der Waals surface area contributed by atoms with E-state index in [1.807, 2.05) is 30.3 Å². The summed E-state index contributed by atoms with van der Waals surface area (Å²) in [6.07, 6.45) is 3.96. The molecule has 2 aromatic heterocycles. The minimum atomic E-state index is -1.36. The Morgan fingerprint density at radius 2 is 1.71 bits per heavy atom. The first-order valence-corrected chi connectivity index (χ1v) is 12.4. The van der Waals surface area contributed by atoms with Crippen LogP contribution in [0, 0.1) is 11.2 Å². The Labute approximate surface area is 217 Å². The van der Waals surface area contributed by atoms with Gasteiger partial charge in [0.15, 0.2) is 0 Å². The number of nitrogens with two attached hydrogens (primary N) is 1. The van der Waals surface area contributed by atoms with Gasteiger partial charge in [-0.2, -0.15) is 0 Å². The van der Waals surface area contributed by atoms with E-state index in [9.17, 15) is 18.8 Å². The predicted octanol–water partition coefficient (Wildman–Crippen LogP) is 3.94. The van der Waals surface area contributed by atoms with Gasteiger partial charge in [0.05, 0.1) is 5.69 Å². The number of carbonyl (C=O) groups is 3. The molecule has 2 fully saturated rings. The number of hydrogen-bond acceptors (Lipinski definition) is 5. The predicted molar refractivity (Wildman–Crippen MR) is 140 cm³/mol. The second-order valence-electron chi connectivity index (χ2n) is 9.85. The Morgan fingerprint density at radius 1 is 1.00 bits per heavy atom. The average molecular weight is 513 g/mol. The van der Waals surface area contributed by atoms with E-state index in [1.54, 1.807) is 12.3 Å². The molecule has 38 heavy (non-hydrogen) atoms. The van der Waals surface area contributed by atoms with Gasteiger partial charge >= 0.3 is 0 Å². The van der Waals surface area contributed by atoms with Crippen molar-refractivity contribution >= 4 is 45.8 Å². The second-order valence-corrected chi connectivity index (χ2v) is 9.85. The number of H-pyrrole nitrogens is 1. The molecular formula is C28H25FN6O3. The lowest BCUT2D eigenvalue weighted by Crippen LogP contribution is -2.37. The highest BCUT2D eigenvalue weighted by atomic mass is 19.1. The number of anilines is 3. The van der Waals surface area contributed by atoms with Crippen LogP contribution in [0.5, 0.6) is 0 Å². The van der Waals surface area contributed by atoms with Crippen molar-refractivity contribution in [1.29, 1.82) is 0 Å². The molecule has 0 bridgehead atoms. The quantitative estimate of drug-likeness (QED) is 0.227. The number of aromatic nitrogens is 2. The van der Waals surface area contributed by atoms with Gasteiger partial charge in [0.2, 0.25) is 11.8 Å². The lowest BCUT2D eigenvalue weighted by molar-refractivity contribution is -0.132. The number of hydrogen-bond donors (Lipinski definition) is 5. The van der Waals surface area contributed by atoms with E-state index in [-0.39, 0.29) is 17.9 Å². The molecule has 2 atom stereocenters. The summed E-state index contributed by atoms with van der Waals surface area (Å²) in [7, 11) is 0. The van der Waals surface area contributed by atoms with Gasteiger partial charge in [-0.15, -0.1) is 0 Å². The Kier molecular flexibility index (Phi) is 5.59. The Hall–Kier alpha value is -4.73. The number of rotatable bonds is 8. The summed E-state index contributed by atoms with van der Waals surface area (Å²) in [5.74, 6) is -2.13. The number of amides is 3. The molecule has 2 aromatic carbocycles. The van der Waals surface area contributed by atoms with E-state index in [0.29, 0.717) is 23.4 Å². The van der Waals surface area contributed by atoms with Crippen molar-refractivity contribution in [2.75, 3.05) is 10.6 Å². The van der Waals surface area contributed by atoms with Crippen molar-refractivity contribution in [3.8, 4) is 0 Å². The molecule has 6 rings (SSSR count). The zero-order valence-electron chi connectivity index (χ0n) is 20.3. The standard InChI is InChI=1S/C28H25FN6O3/c29-16-3-7-19(8-4-16)34-27(38)28(26(30)37)14-21(28)15-1-5-17(6-2-15)32-22-11-12-31-24-20(22)13-23(35-24)25(36)33-18-9-10-18/h1-8,11-13,18,21H,9-10,14H2,(H2,30,37)(H,33,36)(H,34,38)(H2,31,32,35). The van der Waals surface area contributed by atoms with Gasteiger partial charge in [0, 0.05) is 34.9 Å². The zero-order valence-corrected chi connectivity index (χ0v) is 20.3.